The average molecular weight is 322 g/mol. The van der Waals surface area contributed by atoms with Crippen molar-refractivity contribution in [1.29, 1.82) is 0 Å². The zero-order valence-electron chi connectivity index (χ0n) is 12.6. The van der Waals surface area contributed by atoms with Crippen molar-refractivity contribution in [3.63, 3.8) is 0 Å². The Hall–Kier alpha value is -1.77. The molecule has 0 radical (unpaired) electrons. The van der Waals surface area contributed by atoms with Crippen LogP contribution in [0.3, 0.4) is 0 Å². The van der Waals surface area contributed by atoms with Crippen LogP contribution in [0.2, 0.25) is 0 Å². The van der Waals surface area contributed by atoms with Gasteiger partial charge in [-0.05, 0) is 54.0 Å². The molecule has 2 aromatic carbocycles. The summed E-state index contributed by atoms with van der Waals surface area (Å²) in [5.41, 5.74) is 1.68. The standard InChI is InChI=1S/C19H19F3.CH4.H2/c1-12-2-4-13(5-3-12)14-6-8-16(18(21)10-14)15-7-9-17(20)19(22)11-15;;/h6-13H,2-5H2,1H3;1H4;1H. The van der Waals surface area contributed by atoms with Crippen LogP contribution in [0.1, 0.15) is 52.9 Å². The second-order valence-corrected chi connectivity index (χ2v) is 6.32. The lowest BCUT2D eigenvalue weighted by molar-refractivity contribution is 0.347. The van der Waals surface area contributed by atoms with Crippen molar-refractivity contribution in [2.24, 2.45) is 5.92 Å². The van der Waals surface area contributed by atoms with Crippen LogP contribution in [0.4, 0.5) is 13.2 Å². The summed E-state index contributed by atoms with van der Waals surface area (Å²) in [5, 5.41) is 0. The van der Waals surface area contributed by atoms with Gasteiger partial charge in [-0.2, -0.15) is 0 Å². The van der Waals surface area contributed by atoms with Gasteiger partial charge in [0.1, 0.15) is 5.82 Å². The quantitative estimate of drug-likeness (QED) is 0.561. The van der Waals surface area contributed by atoms with E-state index in [2.05, 4.69) is 6.92 Å². The van der Waals surface area contributed by atoms with E-state index in [1.807, 2.05) is 6.07 Å². The highest BCUT2D eigenvalue weighted by Gasteiger charge is 2.20. The topological polar surface area (TPSA) is 0 Å². The van der Waals surface area contributed by atoms with E-state index < -0.39 is 11.6 Å². The predicted octanol–water partition coefficient (Wildman–Crippen LogP) is 6.95. The molecule has 0 saturated heterocycles. The van der Waals surface area contributed by atoms with Crippen LogP contribution < -0.4 is 0 Å². The van der Waals surface area contributed by atoms with Gasteiger partial charge in [0.05, 0.1) is 0 Å². The van der Waals surface area contributed by atoms with Crippen LogP contribution in [0.5, 0.6) is 0 Å². The van der Waals surface area contributed by atoms with Crippen LogP contribution >= 0.6 is 0 Å². The number of benzene rings is 2. The molecule has 126 valence electrons. The summed E-state index contributed by atoms with van der Waals surface area (Å²) in [5.74, 6) is -1.09. The number of rotatable bonds is 2. The summed E-state index contributed by atoms with van der Waals surface area (Å²) in [6.45, 7) is 2.25. The Morgan fingerprint density at radius 2 is 1.52 bits per heavy atom. The molecule has 0 nitrogen and oxygen atoms in total. The monoisotopic (exact) mass is 322 g/mol. The molecule has 1 aliphatic rings. The van der Waals surface area contributed by atoms with Crippen molar-refractivity contribution in [1.82, 2.24) is 0 Å². The molecule has 0 spiro atoms. The Labute approximate surface area is 137 Å². The molecule has 0 N–H and O–H groups in total. The van der Waals surface area contributed by atoms with Gasteiger partial charge in [-0.1, -0.05) is 45.4 Å². The largest absolute Gasteiger partial charge is 0.206 e. The van der Waals surface area contributed by atoms with Crippen LogP contribution in [0.15, 0.2) is 36.4 Å². The lowest BCUT2D eigenvalue weighted by Gasteiger charge is -2.26. The molecule has 0 bridgehead atoms. The second kappa shape index (κ2) is 7.20. The first-order chi connectivity index (χ1) is 10.5. The molecule has 0 aromatic heterocycles. The lowest BCUT2D eigenvalue weighted by Crippen LogP contribution is -2.11. The molecule has 1 fully saturated rings. The van der Waals surface area contributed by atoms with Gasteiger partial charge in [0.2, 0.25) is 0 Å². The molecular formula is C20H25F3. The summed E-state index contributed by atoms with van der Waals surface area (Å²) in [6, 6.07) is 8.61. The zero-order valence-corrected chi connectivity index (χ0v) is 12.6. The third kappa shape index (κ3) is 3.77. The maximum absolute atomic E-state index is 14.4. The van der Waals surface area contributed by atoms with Crippen molar-refractivity contribution in [3.05, 3.63) is 59.4 Å². The van der Waals surface area contributed by atoms with Crippen LogP contribution in [0.25, 0.3) is 11.1 Å². The highest BCUT2D eigenvalue weighted by atomic mass is 19.2. The predicted molar refractivity (Wildman–Crippen MR) is 91.0 cm³/mol. The number of halogens is 3. The van der Waals surface area contributed by atoms with E-state index >= 15 is 0 Å². The first kappa shape index (κ1) is 17.6. The fraction of sp³-hybridized carbons (Fsp3) is 0.400. The summed E-state index contributed by atoms with van der Waals surface area (Å²) < 4.78 is 40.7. The van der Waals surface area contributed by atoms with Gasteiger partial charge >= 0.3 is 0 Å². The third-order valence-corrected chi connectivity index (χ3v) is 4.71. The Balaban J connectivity index is 0.00000144. The van der Waals surface area contributed by atoms with E-state index in [4.69, 9.17) is 0 Å². The smallest absolute Gasteiger partial charge is 0.159 e. The Bertz CT molecular complexity index is 677. The third-order valence-electron chi connectivity index (χ3n) is 4.71. The van der Waals surface area contributed by atoms with E-state index in [0.717, 1.165) is 36.5 Å². The highest BCUT2D eigenvalue weighted by Crippen LogP contribution is 2.37. The summed E-state index contributed by atoms with van der Waals surface area (Å²) in [6.07, 6.45) is 4.53. The van der Waals surface area contributed by atoms with E-state index in [1.165, 1.54) is 18.9 Å². The normalized spacial score (nSPS) is 20.9. The van der Waals surface area contributed by atoms with E-state index in [1.54, 1.807) is 12.1 Å². The Kier molecular flexibility index (Phi) is 5.51. The molecule has 3 heteroatoms. The van der Waals surface area contributed by atoms with E-state index in [9.17, 15) is 13.2 Å². The molecule has 2 aromatic rings. The van der Waals surface area contributed by atoms with Crippen LogP contribution in [0, 0.1) is 23.4 Å². The summed E-state index contributed by atoms with van der Waals surface area (Å²) >= 11 is 0. The fourth-order valence-electron chi connectivity index (χ4n) is 3.28. The van der Waals surface area contributed by atoms with Gasteiger partial charge in [-0.15, -0.1) is 0 Å². The molecule has 3 rings (SSSR count). The van der Waals surface area contributed by atoms with Gasteiger partial charge in [-0.25, -0.2) is 13.2 Å². The maximum atomic E-state index is 14.4. The Morgan fingerprint density at radius 1 is 0.826 bits per heavy atom. The van der Waals surface area contributed by atoms with Crippen molar-refractivity contribution >= 4 is 0 Å². The van der Waals surface area contributed by atoms with Crippen molar-refractivity contribution < 1.29 is 14.6 Å². The number of hydrogen-bond donors (Lipinski definition) is 0. The molecule has 1 saturated carbocycles. The molecule has 1 aliphatic carbocycles. The summed E-state index contributed by atoms with van der Waals surface area (Å²) in [4.78, 5) is 0. The Morgan fingerprint density at radius 3 is 2.13 bits per heavy atom. The molecule has 23 heavy (non-hydrogen) atoms. The second-order valence-electron chi connectivity index (χ2n) is 6.32. The molecule has 0 heterocycles. The number of hydrogen-bond acceptors (Lipinski definition) is 0. The summed E-state index contributed by atoms with van der Waals surface area (Å²) in [7, 11) is 0. The van der Waals surface area contributed by atoms with Crippen molar-refractivity contribution in [2.75, 3.05) is 0 Å². The average Bonchev–Trinajstić information content (AvgIpc) is 2.51. The maximum Gasteiger partial charge on any atom is 0.159 e. The fourth-order valence-corrected chi connectivity index (χ4v) is 3.28. The minimum atomic E-state index is -0.956. The van der Waals surface area contributed by atoms with Crippen molar-refractivity contribution in [3.8, 4) is 11.1 Å². The molecule has 0 unspecified atom stereocenters. The van der Waals surface area contributed by atoms with E-state index in [-0.39, 0.29) is 14.7 Å². The molecule has 0 atom stereocenters. The van der Waals surface area contributed by atoms with Gasteiger partial charge in [-0.3, -0.25) is 0 Å². The highest BCUT2D eigenvalue weighted by molar-refractivity contribution is 5.64. The minimum Gasteiger partial charge on any atom is -0.206 e. The van der Waals surface area contributed by atoms with Gasteiger partial charge < -0.3 is 0 Å². The lowest BCUT2D eigenvalue weighted by atomic mass is 9.79. The van der Waals surface area contributed by atoms with E-state index in [0.29, 0.717) is 17.0 Å². The zero-order chi connectivity index (χ0) is 15.7. The first-order valence-electron chi connectivity index (χ1n) is 7.79. The van der Waals surface area contributed by atoms with Crippen LogP contribution in [-0.4, -0.2) is 0 Å². The van der Waals surface area contributed by atoms with Gasteiger partial charge in [0.25, 0.3) is 0 Å². The van der Waals surface area contributed by atoms with Crippen LogP contribution in [-0.2, 0) is 0 Å². The van der Waals surface area contributed by atoms with Crippen molar-refractivity contribution in [2.45, 2.75) is 46.0 Å². The van der Waals surface area contributed by atoms with Gasteiger partial charge in [0.15, 0.2) is 11.6 Å². The van der Waals surface area contributed by atoms with Gasteiger partial charge in [0, 0.05) is 6.99 Å². The minimum absolute atomic E-state index is 0. The molecular weight excluding hydrogens is 297 g/mol. The molecule has 0 amide bonds. The SMILES string of the molecule is C.CC1CCC(c2ccc(-c3ccc(F)c(F)c3)c(F)c2)CC1.[HH]. The molecule has 0 aliphatic heterocycles. The first-order valence-corrected chi connectivity index (χ1v) is 7.79.